The Hall–Kier alpha value is -1.47. The van der Waals surface area contributed by atoms with Crippen LogP contribution in [0.2, 0.25) is 0 Å². The second-order valence-corrected chi connectivity index (χ2v) is 6.86. The van der Waals surface area contributed by atoms with E-state index in [-0.39, 0.29) is 5.91 Å². The van der Waals surface area contributed by atoms with Crippen molar-refractivity contribution < 1.29 is 4.79 Å². The van der Waals surface area contributed by atoms with Crippen molar-refractivity contribution >= 4 is 51.5 Å². The number of hydrogen-bond donors (Lipinski definition) is 2. The summed E-state index contributed by atoms with van der Waals surface area (Å²) in [5.41, 5.74) is 2.75. The quantitative estimate of drug-likeness (QED) is 0.526. The van der Waals surface area contributed by atoms with Crippen molar-refractivity contribution in [3.63, 3.8) is 0 Å². The van der Waals surface area contributed by atoms with Gasteiger partial charge in [-0.25, -0.2) is 0 Å². The van der Waals surface area contributed by atoms with Crippen LogP contribution >= 0.6 is 34.8 Å². The number of rotatable bonds is 4. The Bertz CT molecular complexity index is 718. The number of halogens is 1. The van der Waals surface area contributed by atoms with Gasteiger partial charge in [-0.15, -0.1) is 0 Å². The first kappa shape index (κ1) is 17.9. The zero-order chi connectivity index (χ0) is 16.8. The van der Waals surface area contributed by atoms with E-state index in [4.69, 9.17) is 12.2 Å². The molecule has 0 saturated heterocycles. The molecule has 3 nitrogen and oxygen atoms in total. The molecule has 2 rings (SSSR count). The van der Waals surface area contributed by atoms with Crippen molar-refractivity contribution in [1.82, 2.24) is 5.32 Å². The summed E-state index contributed by atoms with van der Waals surface area (Å²) >= 11 is 7.43. The smallest absolute Gasteiger partial charge is 0.258 e. The van der Waals surface area contributed by atoms with Gasteiger partial charge in [0.2, 0.25) is 0 Å². The first-order valence-corrected chi connectivity index (χ1v) is 8.97. The standard InChI is InChI=1S/C18H19IN2OS/c1-3-12(2)13-8-5-7-11-16(13)20-18(23)21-17(22)14-9-4-6-10-15(14)19/h4-12H,3H2,1-2H3,(H2,20,21,22,23)/t12-/m1/s1. The van der Waals surface area contributed by atoms with Crippen molar-refractivity contribution in [2.24, 2.45) is 0 Å². The van der Waals surface area contributed by atoms with Gasteiger partial charge in [0.15, 0.2) is 5.11 Å². The Morgan fingerprint density at radius 2 is 1.83 bits per heavy atom. The van der Waals surface area contributed by atoms with Crippen LogP contribution in [0, 0.1) is 3.57 Å². The molecule has 0 aliphatic rings. The van der Waals surface area contributed by atoms with E-state index < -0.39 is 0 Å². The SMILES string of the molecule is CC[C@@H](C)c1ccccc1NC(=S)NC(=O)c1ccccc1I. The number of amides is 1. The van der Waals surface area contributed by atoms with Gasteiger partial charge >= 0.3 is 0 Å². The fourth-order valence-electron chi connectivity index (χ4n) is 2.23. The Labute approximate surface area is 156 Å². The predicted molar refractivity (Wildman–Crippen MR) is 108 cm³/mol. The van der Waals surface area contributed by atoms with Crippen LogP contribution in [0.3, 0.4) is 0 Å². The molecule has 2 aromatic rings. The highest BCUT2D eigenvalue weighted by Gasteiger charge is 2.13. The normalized spacial score (nSPS) is 11.6. The molecular formula is C18H19IN2OS. The topological polar surface area (TPSA) is 41.1 Å². The molecule has 0 aromatic heterocycles. The molecular weight excluding hydrogens is 419 g/mol. The molecule has 0 saturated carbocycles. The molecule has 1 atom stereocenters. The van der Waals surface area contributed by atoms with E-state index in [0.29, 0.717) is 16.6 Å². The van der Waals surface area contributed by atoms with Crippen molar-refractivity contribution in [3.05, 3.63) is 63.2 Å². The maximum atomic E-state index is 12.3. The van der Waals surface area contributed by atoms with Gasteiger partial charge in [-0.1, -0.05) is 44.2 Å². The van der Waals surface area contributed by atoms with E-state index >= 15 is 0 Å². The fourth-order valence-corrected chi connectivity index (χ4v) is 3.06. The summed E-state index contributed by atoms with van der Waals surface area (Å²) in [6.07, 6.45) is 1.04. The Morgan fingerprint density at radius 3 is 2.52 bits per heavy atom. The maximum Gasteiger partial charge on any atom is 0.258 e. The Balaban J connectivity index is 2.09. The van der Waals surface area contributed by atoms with Gasteiger partial charge in [0, 0.05) is 9.26 Å². The lowest BCUT2D eigenvalue weighted by molar-refractivity contribution is 0.0977. The van der Waals surface area contributed by atoms with Gasteiger partial charge < -0.3 is 5.32 Å². The van der Waals surface area contributed by atoms with Gasteiger partial charge in [0.05, 0.1) is 5.56 Å². The summed E-state index contributed by atoms with van der Waals surface area (Å²) in [7, 11) is 0. The summed E-state index contributed by atoms with van der Waals surface area (Å²) in [5, 5.41) is 6.20. The molecule has 0 spiro atoms. The predicted octanol–water partition coefficient (Wildman–Crippen LogP) is 4.93. The third-order valence-electron chi connectivity index (χ3n) is 3.70. The molecule has 1 amide bonds. The number of hydrogen-bond acceptors (Lipinski definition) is 2. The average molecular weight is 438 g/mol. The Kier molecular flexibility index (Phi) is 6.53. The van der Waals surface area contributed by atoms with E-state index in [2.05, 4.69) is 53.1 Å². The minimum absolute atomic E-state index is 0.200. The lowest BCUT2D eigenvalue weighted by Gasteiger charge is -2.17. The van der Waals surface area contributed by atoms with Crippen molar-refractivity contribution in [1.29, 1.82) is 0 Å². The van der Waals surface area contributed by atoms with Crippen LogP contribution in [0.4, 0.5) is 5.69 Å². The van der Waals surface area contributed by atoms with Crippen LogP contribution in [-0.4, -0.2) is 11.0 Å². The summed E-state index contributed by atoms with van der Waals surface area (Å²) in [6.45, 7) is 4.33. The monoisotopic (exact) mass is 438 g/mol. The lowest BCUT2D eigenvalue weighted by atomic mass is 9.97. The van der Waals surface area contributed by atoms with E-state index in [1.165, 1.54) is 5.56 Å². The molecule has 0 radical (unpaired) electrons. The first-order valence-electron chi connectivity index (χ1n) is 7.48. The van der Waals surface area contributed by atoms with Crippen LogP contribution in [0.1, 0.15) is 42.1 Å². The number of carbonyl (C=O) groups excluding carboxylic acids is 1. The molecule has 2 aromatic carbocycles. The van der Waals surface area contributed by atoms with Gasteiger partial charge in [-0.2, -0.15) is 0 Å². The van der Waals surface area contributed by atoms with Gasteiger partial charge in [0.25, 0.3) is 5.91 Å². The van der Waals surface area contributed by atoms with Gasteiger partial charge in [0.1, 0.15) is 0 Å². The molecule has 0 unspecified atom stereocenters. The van der Waals surface area contributed by atoms with Gasteiger partial charge in [-0.3, -0.25) is 10.1 Å². The van der Waals surface area contributed by atoms with Crippen LogP contribution < -0.4 is 10.6 Å². The van der Waals surface area contributed by atoms with Gasteiger partial charge in [-0.05, 0) is 70.9 Å². The highest BCUT2D eigenvalue weighted by atomic mass is 127. The maximum absolute atomic E-state index is 12.3. The second-order valence-electron chi connectivity index (χ2n) is 5.28. The number of carbonyl (C=O) groups is 1. The molecule has 0 bridgehead atoms. The van der Waals surface area contributed by atoms with E-state index in [1.54, 1.807) is 6.07 Å². The zero-order valence-electron chi connectivity index (χ0n) is 13.1. The number of anilines is 1. The minimum atomic E-state index is -0.200. The molecule has 0 fully saturated rings. The number of para-hydroxylation sites is 1. The van der Waals surface area contributed by atoms with Crippen molar-refractivity contribution in [2.45, 2.75) is 26.2 Å². The molecule has 0 heterocycles. The second kappa shape index (κ2) is 8.40. The van der Waals surface area contributed by atoms with E-state index in [0.717, 1.165) is 15.7 Å². The van der Waals surface area contributed by atoms with Crippen LogP contribution in [0.5, 0.6) is 0 Å². The molecule has 120 valence electrons. The highest BCUT2D eigenvalue weighted by molar-refractivity contribution is 14.1. The summed E-state index contributed by atoms with van der Waals surface area (Å²) in [5.74, 6) is 0.223. The largest absolute Gasteiger partial charge is 0.332 e. The van der Waals surface area contributed by atoms with E-state index in [9.17, 15) is 4.79 Å². The highest BCUT2D eigenvalue weighted by Crippen LogP contribution is 2.26. The van der Waals surface area contributed by atoms with Crippen LogP contribution in [0.15, 0.2) is 48.5 Å². The van der Waals surface area contributed by atoms with Crippen molar-refractivity contribution in [3.8, 4) is 0 Å². The lowest BCUT2D eigenvalue weighted by Crippen LogP contribution is -2.34. The number of thiocarbonyl (C=S) groups is 1. The average Bonchev–Trinajstić information content (AvgIpc) is 2.54. The minimum Gasteiger partial charge on any atom is -0.332 e. The summed E-state index contributed by atoms with van der Waals surface area (Å²) < 4.78 is 0.894. The zero-order valence-corrected chi connectivity index (χ0v) is 16.1. The molecule has 2 N–H and O–H groups in total. The molecule has 5 heteroatoms. The summed E-state index contributed by atoms with van der Waals surface area (Å²) in [6, 6.07) is 15.5. The first-order chi connectivity index (χ1) is 11.0. The Morgan fingerprint density at radius 1 is 1.17 bits per heavy atom. The number of benzene rings is 2. The third-order valence-corrected chi connectivity index (χ3v) is 4.84. The fraction of sp³-hybridized carbons (Fsp3) is 0.222. The van der Waals surface area contributed by atoms with E-state index in [1.807, 2.05) is 36.4 Å². The van der Waals surface area contributed by atoms with Crippen LogP contribution in [0.25, 0.3) is 0 Å². The third kappa shape index (κ3) is 4.75. The molecule has 23 heavy (non-hydrogen) atoms. The molecule has 0 aliphatic carbocycles. The summed E-state index contributed by atoms with van der Waals surface area (Å²) in [4.78, 5) is 12.3. The number of nitrogens with one attached hydrogen (secondary N) is 2. The van der Waals surface area contributed by atoms with Crippen LogP contribution in [-0.2, 0) is 0 Å². The molecule has 0 aliphatic heterocycles. The van der Waals surface area contributed by atoms with Crippen molar-refractivity contribution in [2.75, 3.05) is 5.32 Å².